The molecule has 0 aromatic heterocycles. The van der Waals surface area contributed by atoms with E-state index >= 15 is 0 Å². The zero-order valence-corrected chi connectivity index (χ0v) is 9.81. The minimum absolute atomic E-state index is 0.171. The summed E-state index contributed by atoms with van der Waals surface area (Å²) in [5, 5.41) is 10.5. The van der Waals surface area contributed by atoms with Crippen LogP contribution in [0, 0.1) is 5.92 Å². The zero-order chi connectivity index (χ0) is 11.6. The molecule has 1 atom stereocenters. The van der Waals surface area contributed by atoms with Gasteiger partial charge in [-0.05, 0) is 17.1 Å². The molecule has 0 radical (unpaired) electrons. The summed E-state index contributed by atoms with van der Waals surface area (Å²) >= 11 is 0. The van der Waals surface area contributed by atoms with E-state index in [0.717, 1.165) is 11.1 Å². The van der Waals surface area contributed by atoms with E-state index in [-0.39, 0.29) is 5.92 Å². The van der Waals surface area contributed by atoms with E-state index in [1.807, 2.05) is 50.3 Å². The molecule has 0 aliphatic carbocycles. The quantitative estimate of drug-likeness (QED) is 0.826. The van der Waals surface area contributed by atoms with Gasteiger partial charge in [-0.3, -0.25) is 0 Å². The number of rotatable bonds is 2. The molecule has 1 saturated heterocycles. The molecule has 1 fully saturated rings. The van der Waals surface area contributed by atoms with Gasteiger partial charge in [0.2, 0.25) is 0 Å². The summed E-state index contributed by atoms with van der Waals surface area (Å²) in [5.41, 5.74) is 1.30. The van der Waals surface area contributed by atoms with Crippen molar-refractivity contribution in [1.82, 2.24) is 0 Å². The van der Waals surface area contributed by atoms with Crippen LogP contribution in [-0.4, -0.2) is 23.9 Å². The Morgan fingerprint density at radius 1 is 1.31 bits per heavy atom. The van der Waals surface area contributed by atoms with Crippen LogP contribution in [0.15, 0.2) is 35.9 Å². The molecular formula is C14H18O2. The van der Waals surface area contributed by atoms with E-state index < -0.39 is 5.60 Å². The molecule has 2 nitrogen and oxygen atoms in total. The van der Waals surface area contributed by atoms with Crippen LogP contribution >= 0.6 is 0 Å². The number of hydrogen-bond donors (Lipinski definition) is 1. The summed E-state index contributed by atoms with van der Waals surface area (Å²) < 4.78 is 5.39. The summed E-state index contributed by atoms with van der Waals surface area (Å²) in [5.74, 6) is 0.171. The highest BCUT2D eigenvalue weighted by Crippen LogP contribution is 2.33. The molecule has 0 saturated carbocycles. The molecule has 0 amide bonds. The maximum absolute atomic E-state index is 10.5. The Bertz CT molecular complexity index is 381. The minimum Gasteiger partial charge on any atom is -0.383 e. The second-order valence-corrected chi connectivity index (χ2v) is 4.65. The maximum atomic E-state index is 10.5. The largest absolute Gasteiger partial charge is 0.383 e. The second kappa shape index (κ2) is 4.40. The number of benzene rings is 1. The highest BCUT2D eigenvalue weighted by atomic mass is 16.5. The van der Waals surface area contributed by atoms with Crippen molar-refractivity contribution in [1.29, 1.82) is 0 Å². The summed E-state index contributed by atoms with van der Waals surface area (Å²) in [6.45, 7) is 4.98. The Hall–Kier alpha value is -1.12. The molecule has 86 valence electrons. The first-order chi connectivity index (χ1) is 7.63. The second-order valence-electron chi connectivity index (χ2n) is 4.65. The molecule has 2 heteroatoms. The Morgan fingerprint density at radius 2 is 2.00 bits per heavy atom. The van der Waals surface area contributed by atoms with Crippen molar-refractivity contribution in [2.45, 2.75) is 19.4 Å². The molecule has 16 heavy (non-hydrogen) atoms. The van der Waals surface area contributed by atoms with Gasteiger partial charge in [0.25, 0.3) is 0 Å². The van der Waals surface area contributed by atoms with Crippen LogP contribution in [0.4, 0.5) is 0 Å². The van der Waals surface area contributed by atoms with E-state index in [2.05, 4.69) is 0 Å². The Labute approximate surface area is 96.6 Å². The van der Waals surface area contributed by atoms with Crippen molar-refractivity contribution in [3.63, 3.8) is 0 Å². The SMILES string of the molecule is CC(C)[C@@]1(O)COC/C1=C/c1ccccc1. The lowest BCUT2D eigenvalue weighted by molar-refractivity contribution is 0.00657. The third kappa shape index (κ3) is 2.04. The standard InChI is InChI=1S/C14H18O2/c1-11(2)14(15)10-16-9-13(14)8-12-6-4-3-5-7-12/h3-8,11,15H,9-10H2,1-2H3/b13-8-/t14-/m0/s1. The molecule has 1 heterocycles. The van der Waals surface area contributed by atoms with Gasteiger partial charge in [-0.15, -0.1) is 0 Å². The first-order valence-electron chi connectivity index (χ1n) is 5.69. The van der Waals surface area contributed by atoms with Crippen LogP contribution in [0.1, 0.15) is 19.4 Å². The molecule has 1 aliphatic heterocycles. The maximum Gasteiger partial charge on any atom is 0.114 e. The van der Waals surface area contributed by atoms with Gasteiger partial charge in [-0.1, -0.05) is 50.3 Å². The van der Waals surface area contributed by atoms with Gasteiger partial charge in [0.15, 0.2) is 0 Å². The lowest BCUT2D eigenvalue weighted by Crippen LogP contribution is -2.37. The smallest absolute Gasteiger partial charge is 0.114 e. The van der Waals surface area contributed by atoms with Gasteiger partial charge in [-0.25, -0.2) is 0 Å². The summed E-state index contributed by atoms with van der Waals surface area (Å²) in [7, 11) is 0. The highest BCUT2D eigenvalue weighted by Gasteiger charge is 2.40. The number of aliphatic hydroxyl groups is 1. The molecule has 0 bridgehead atoms. The average molecular weight is 218 g/mol. The third-order valence-corrected chi connectivity index (χ3v) is 3.23. The van der Waals surface area contributed by atoms with E-state index in [9.17, 15) is 5.11 Å². The predicted molar refractivity (Wildman–Crippen MR) is 65.0 cm³/mol. The monoisotopic (exact) mass is 218 g/mol. The Morgan fingerprint density at radius 3 is 2.62 bits per heavy atom. The molecule has 1 aliphatic rings. The van der Waals surface area contributed by atoms with E-state index in [0.29, 0.717) is 13.2 Å². The van der Waals surface area contributed by atoms with E-state index in [1.54, 1.807) is 0 Å². The fourth-order valence-corrected chi connectivity index (χ4v) is 1.99. The minimum atomic E-state index is -0.796. The molecule has 2 rings (SSSR count). The van der Waals surface area contributed by atoms with Gasteiger partial charge >= 0.3 is 0 Å². The molecular weight excluding hydrogens is 200 g/mol. The summed E-state index contributed by atoms with van der Waals surface area (Å²) in [6, 6.07) is 10.0. The van der Waals surface area contributed by atoms with Crippen molar-refractivity contribution in [3.8, 4) is 0 Å². The predicted octanol–water partition coefficient (Wildman–Crippen LogP) is 2.49. The van der Waals surface area contributed by atoms with Crippen LogP contribution in [0.2, 0.25) is 0 Å². The van der Waals surface area contributed by atoms with Crippen LogP contribution in [-0.2, 0) is 4.74 Å². The molecule has 1 aromatic carbocycles. The number of hydrogen-bond acceptors (Lipinski definition) is 2. The van der Waals surface area contributed by atoms with Crippen molar-refractivity contribution in [2.75, 3.05) is 13.2 Å². The van der Waals surface area contributed by atoms with Gasteiger partial charge < -0.3 is 9.84 Å². The van der Waals surface area contributed by atoms with Crippen molar-refractivity contribution in [3.05, 3.63) is 41.5 Å². The molecule has 0 unspecified atom stereocenters. The highest BCUT2D eigenvalue weighted by molar-refractivity contribution is 5.56. The van der Waals surface area contributed by atoms with Gasteiger partial charge in [0.1, 0.15) is 5.60 Å². The first-order valence-corrected chi connectivity index (χ1v) is 5.69. The Kier molecular flexibility index (Phi) is 3.13. The van der Waals surface area contributed by atoms with Gasteiger partial charge in [-0.2, -0.15) is 0 Å². The summed E-state index contributed by atoms with van der Waals surface area (Å²) in [6.07, 6.45) is 2.03. The van der Waals surface area contributed by atoms with Crippen molar-refractivity contribution < 1.29 is 9.84 Å². The number of ether oxygens (including phenoxy) is 1. The molecule has 0 spiro atoms. The third-order valence-electron chi connectivity index (χ3n) is 3.23. The zero-order valence-electron chi connectivity index (χ0n) is 9.81. The van der Waals surface area contributed by atoms with Crippen LogP contribution in [0.3, 0.4) is 0 Å². The van der Waals surface area contributed by atoms with Crippen LogP contribution in [0.25, 0.3) is 6.08 Å². The van der Waals surface area contributed by atoms with Crippen molar-refractivity contribution in [2.24, 2.45) is 5.92 Å². The van der Waals surface area contributed by atoms with Gasteiger partial charge in [0.05, 0.1) is 13.2 Å². The lowest BCUT2D eigenvalue weighted by Gasteiger charge is -2.27. The lowest BCUT2D eigenvalue weighted by atomic mass is 9.85. The average Bonchev–Trinajstić information content (AvgIpc) is 2.63. The topological polar surface area (TPSA) is 29.5 Å². The van der Waals surface area contributed by atoms with Crippen LogP contribution in [0.5, 0.6) is 0 Å². The van der Waals surface area contributed by atoms with E-state index in [1.165, 1.54) is 0 Å². The normalized spacial score (nSPS) is 27.9. The van der Waals surface area contributed by atoms with Gasteiger partial charge in [0, 0.05) is 0 Å². The van der Waals surface area contributed by atoms with Crippen LogP contribution < -0.4 is 0 Å². The Balaban J connectivity index is 2.30. The van der Waals surface area contributed by atoms with E-state index in [4.69, 9.17) is 4.74 Å². The fraction of sp³-hybridized carbons (Fsp3) is 0.429. The van der Waals surface area contributed by atoms with Crippen molar-refractivity contribution >= 4 is 6.08 Å². The molecule has 1 aromatic rings. The fourth-order valence-electron chi connectivity index (χ4n) is 1.99. The first kappa shape index (κ1) is 11.4. The molecule has 1 N–H and O–H groups in total. The summed E-state index contributed by atoms with van der Waals surface area (Å²) in [4.78, 5) is 0.